The molecule has 0 bridgehead atoms. The van der Waals surface area contributed by atoms with Crippen LogP contribution in [-0.2, 0) is 0 Å². The van der Waals surface area contributed by atoms with E-state index in [1.807, 2.05) is 24.3 Å². The highest BCUT2D eigenvalue weighted by atomic mass is 15.4. The van der Waals surface area contributed by atoms with Gasteiger partial charge in [0.1, 0.15) is 0 Å². The molecule has 4 nitrogen and oxygen atoms in total. The Labute approximate surface area is 64.6 Å². The van der Waals surface area contributed by atoms with E-state index in [0.29, 0.717) is 0 Å². The summed E-state index contributed by atoms with van der Waals surface area (Å²) in [6.07, 6.45) is 0. The number of hydrogen-bond donors (Lipinski definition) is 4. The van der Waals surface area contributed by atoms with Crippen LogP contribution in [0.25, 0.3) is 0 Å². The molecule has 0 spiro atoms. The minimum atomic E-state index is -0.996. The molecule has 11 heavy (non-hydrogen) atoms. The molecule has 1 aromatic rings. The molecule has 6 N–H and O–H groups in total. The maximum atomic E-state index is 5.58. The number of nitrogens with two attached hydrogens (primary N) is 2. The zero-order valence-corrected chi connectivity index (χ0v) is 5.96. The van der Waals surface area contributed by atoms with E-state index in [1.165, 1.54) is 0 Å². The number of hydrogen-bond acceptors (Lipinski definition) is 4. The summed E-state index contributed by atoms with van der Waals surface area (Å²) in [6.45, 7) is 0. The van der Waals surface area contributed by atoms with Gasteiger partial charge in [-0.1, -0.05) is 12.1 Å². The summed E-state index contributed by atoms with van der Waals surface area (Å²) in [7, 11) is 0. The predicted molar refractivity (Wildman–Crippen MR) is 44.8 cm³/mol. The molecule has 1 aliphatic rings. The molecule has 2 rings (SSSR count). The van der Waals surface area contributed by atoms with E-state index < -0.39 is 5.91 Å². The van der Waals surface area contributed by atoms with Crippen LogP contribution in [0, 0.1) is 0 Å². The van der Waals surface area contributed by atoms with Crippen molar-refractivity contribution in [2.45, 2.75) is 5.91 Å². The molecular formula is C7H10N4. The number of para-hydroxylation sites is 2. The maximum Gasteiger partial charge on any atom is 0.219 e. The van der Waals surface area contributed by atoms with Gasteiger partial charge < -0.3 is 10.6 Å². The molecule has 4 heteroatoms. The first kappa shape index (κ1) is 6.45. The van der Waals surface area contributed by atoms with Crippen LogP contribution in [0.1, 0.15) is 0 Å². The van der Waals surface area contributed by atoms with Gasteiger partial charge in [-0.25, -0.2) is 0 Å². The molecule has 0 saturated heterocycles. The molecule has 0 aromatic heterocycles. The lowest BCUT2D eigenvalue weighted by atomic mass is 10.3. The fourth-order valence-electron chi connectivity index (χ4n) is 1.18. The fraction of sp³-hybridized carbons (Fsp3) is 0.143. The van der Waals surface area contributed by atoms with E-state index in [-0.39, 0.29) is 0 Å². The quantitative estimate of drug-likeness (QED) is 0.394. The lowest BCUT2D eigenvalue weighted by molar-refractivity contribution is 0.601. The molecule has 1 heterocycles. The zero-order chi connectivity index (χ0) is 7.90. The van der Waals surface area contributed by atoms with Crippen molar-refractivity contribution in [1.82, 2.24) is 0 Å². The topological polar surface area (TPSA) is 76.1 Å². The van der Waals surface area contributed by atoms with Crippen LogP contribution in [0.2, 0.25) is 0 Å². The Morgan fingerprint density at radius 3 is 1.91 bits per heavy atom. The Morgan fingerprint density at radius 2 is 1.45 bits per heavy atom. The highest BCUT2D eigenvalue weighted by Gasteiger charge is 2.26. The van der Waals surface area contributed by atoms with Crippen molar-refractivity contribution in [3.8, 4) is 0 Å². The lowest BCUT2D eigenvalue weighted by Gasteiger charge is -2.18. The van der Waals surface area contributed by atoms with E-state index in [0.717, 1.165) is 11.4 Å². The SMILES string of the molecule is NC1(N)Nc2ccccc2N1. The first-order valence-corrected chi connectivity index (χ1v) is 3.40. The van der Waals surface area contributed by atoms with Crippen LogP contribution >= 0.6 is 0 Å². The second-order valence-corrected chi connectivity index (χ2v) is 2.66. The van der Waals surface area contributed by atoms with E-state index in [4.69, 9.17) is 11.5 Å². The van der Waals surface area contributed by atoms with Crippen molar-refractivity contribution in [1.29, 1.82) is 0 Å². The molecule has 0 atom stereocenters. The van der Waals surface area contributed by atoms with Crippen molar-refractivity contribution >= 4 is 11.4 Å². The normalized spacial score (nSPS) is 18.4. The molecule has 0 fully saturated rings. The second kappa shape index (κ2) is 1.87. The third kappa shape index (κ3) is 1.02. The van der Waals surface area contributed by atoms with Crippen LogP contribution in [-0.4, -0.2) is 5.91 Å². The van der Waals surface area contributed by atoms with Gasteiger partial charge in [-0.15, -0.1) is 0 Å². The van der Waals surface area contributed by atoms with Crippen LogP contribution in [0.15, 0.2) is 24.3 Å². The van der Waals surface area contributed by atoms with Gasteiger partial charge in [-0.2, -0.15) is 0 Å². The zero-order valence-electron chi connectivity index (χ0n) is 5.96. The molecule has 0 saturated carbocycles. The number of benzene rings is 1. The summed E-state index contributed by atoms with van der Waals surface area (Å²) < 4.78 is 0. The summed E-state index contributed by atoms with van der Waals surface area (Å²) >= 11 is 0. The number of anilines is 2. The van der Waals surface area contributed by atoms with E-state index in [1.54, 1.807) is 0 Å². The number of fused-ring (bicyclic) bond motifs is 1. The molecule has 0 amide bonds. The molecular weight excluding hydrogens is 140 g/mol. The lowest BCUT2D eigenvalue weighted by Crippen LogP contribution is -2.59. The number of nitrogens with one attached hydrogen (secondary N) is 2. The van der Waals surface area contributed by atoms with Crippen molar-refractivity contribution < 1.29 is 0 Å². The van der Waals surface area contributed by atoms with E-state index >= 15 is 0 Å². The molecule has 1 aliphatic heterocycles. The van der Waals surface area contributed by atoms with E-state index in [9.17, 15) is 0 Å². The third-order valence-corrected chi connectivity index (χ3v) is 1.61. The van der Waals surface area contributed by atoms with Crippen LogP contribution in [0.5, 0.6) is 0 Å². The minimum absolute atomic E-state index is 0.942. The van der Waals surface area contributed by atoms with Gasteiger partial charge in [0, 0.05) is 0 Å². The smallest absolute Gasteiger partial charge is 0.219 e. The fourth-order valence-corrected chi connectivity index (χ4v) is 1.18. The summed E-state index contributed by atoms with van der Waals surface area (Å²) in [5.41, 5.74) is 13.1. The van der Waals surface area contributed by atoms with Crippen molar-refractivity contribution in [2.75, 3.05) is 10.6 Å². The molecule has 0 unspecified atom stereocenters. The van der Waals surface area contributed by atoms with E-state index in [2.05, 4.69) is 10.6 Å². The highest BCUT2D eigenvalue weighted by molar-refractivity contribution is 5.75. The average molecular weight is 150 g/mol. The summed E-state index contributed by atoms with van der Waals surface area (Å²) in [6, 6.07) is 7.69. The monoisotopic (exact) mass is 150 g/mol. The maximum absolute atomic E-state index is 5.58. The molecule has 0 radical (unpaired) electrons. The van der Waals surface area contributed by atoms with Gasteiger partial charge in [0.2, 0.25) is 5.91 Å². The van der Waals surface area contributed by atoms with Gasteiger partial charge in [0.25, 0.3) is 0 Å². The summed E-state index contributed by atoms with van der Waals surface area (Å²) in [4.78, 5) is 0. The largest absolute Gasteiger partial charge is 0.336 e. The van der Waals surface area contributed by atoms with Gasteiger partial charge in [0.05, 0.1) is 11.4 Å². The molecule has 58 valence electrons. The minimum Gasteiger partial charge on any atom is -0.336 e. The van der Waals surface area contributed by atoms with Crippen molar-refractivity contribution in [3.05, 3.63) is 24.3 Å². The average Bonchev–Trinajstić information content (AvgIpc) is 2.21. The van der Waals surface area contributed by atoms with Crippen LogP contribution in [0.3, 0.4) is 0 Å². The Kier molecular flexibility index (Phi) is 1.10. The Morgan fingerprint density at radius 1 is 1.00 bits per heavy atom. The van der Waals surface area contributed by atoms with Gasteiger partial charge in [-0.05, 0) is 12.1 Å². The summed E-state index contributed by atoms with van der Waals surface area (Å²) in [5.74, 6) is -0.996. The van der Waals surface area contributed by atoms with Crippen LogP contribution < -0.4 is 22.1 Å². The first-order valence-electron chi connectivity index (χ1n) is 3.40. The predicted octanol–water partition coefficient (Wildman–Crippen LogP) is 0.0527. The molecule has 1 aromatic carbocycles. The van der Waals surface area contributed by atoms with Crippen LogP contribution in [0.4, 0.5) is 11.4 Å². The second-order valence-electron chi connectivity index (χ2n) is 2.66. The highest BCUT2D eigenvalue weighted by Crippen LogP contribution is 2.28. The Hall–Kier alpha value is -1.26. The third-order valence-electron chi connectivity index (χ3n) is 1.61. The molecule has 0 aliphatic carbocycles. The Balaban J connectivity index is 2.41. The first-order chi connectivity index (χ1) is 5.17. The van der Waals surface area contributed by atoms with Gasteiger partial charge >= 0.3 is 0 Å². The van der Waals surface area contributed by atoms with Gasteiger partial charge in [-0.3, -0.25) is 11.5 Å². The Bertz CT molecular complexity index is 255. The standard InChI is InChI=1S/C7H10N4/c8-7(9)10-5-3-1-2-4-6(5)11-7/h1-4,10-11H,8-9H2. The van der Waals surface area contributed by atoms with Crippen molar-refractivity contribution in [2.24, 2.45) is 11.5 Å². The van der Waals surface area contributed by atoms with Crippen molar-refractivity contribution in [3.63, 3.8) is 0 Å². The summed E-state index contributed by atoms with van der Waals surface area (Å²) in [5, 5.41) is 5.84. The van der Waals surface area contributed by atoms with Gasteiger partial charge in [0.15, 0.2) is 0 Å². The number of rotatable bonds is 0.